The highest BCUT2D eigenvalue weighted by molar-refractivity contribution is 5.95. The van der Waals surface area contributed by atoms with Crippen LogP contribution in [0.15, 0.2) is 24.3 Å². The fraction of sp³-hybridized carbons (Fsp3) is 0.467. The lowest BCUT2D eigenvalue weighted by molar-refractivity contribution is -0.119. The first-order chi connectivity index (χ1) is 9.70. The van der Waals surface area contributed by atoms with Crippen LogP contribution in [-0.2, 0) is 9.59 Å². The van der Waals surface area contributed by atoms with Crippen LogP contribution in [0.1, 0.15) is 27.2 Å². The van der Waals surface area contributed by atoms with Gasteiger partial charge in [-0.05, 0) is 29.7 Å². The molecule has 0 saturated heterocycles. The molecule has 0 bridgehead atoms. The molecular formula is C15H23N3O3. The monoisotopic (exact) mass is 293 g/mol. The van der Waals surface area contributed by atoms with Gasteiger partial charge in [-0.1, -0.05) is 20.8 Å². The van der Waals surface area contributed by atoms with E-state index in [1.807, 2.05) is 20.8 Å². The third-order valence-electron chi connectivity index (χ3n) is 2.95. The molecule has 0 aliphatic rings. The van der Waals surface area contributed by atoms with Crippen LogP contribution >= 0.6 is 0 Å². The van der Waals surface area contributed by atoms with Crippen molar-refractivity contribution in [3.8, 4) is 5.75 Å². The van der Waals surface area contributed by atoms with E-state index in [4.69, 9.17) is 16.2 Å². The predicted octanol–water partition coefficient (Wildman–Crippen LogP) is 1.25. The molecule has 0 radical (unpaired) electrons. The molecule has 116 valence electrons. The lowest BCUT2D eigenvalue weighted by atomic mass is 9.87. The largest absolute Gasteiger partial charge is 0.493 e. The molecule has 0 unspecified atom stereocenters. The first kappa shape index (κ1) is 17.0. The lowest BCUT2D eigenvalue weighted by Crippen LogP contribution is -2.45. The Labute approximate surface area is 124 Å². The summed E-state index contributed by atoms with van der Waals surface area (Å²) in [6, 6.07) is 6.25. The van der Waals surface area contributed by atoms with Crippen LogP contribution in [0.3, 0.4) is 0 Å². The Bertz CT molecular complexity index is 492. The van der Waals surface area contributed by atoms with Crippen molar-refractivity contribution in [3.05, 3.63) is 24.3 Å². The van der Waals surface area contributed by atoms with Crippen molar-refractivity contribution in [1.29, 1.82) is 0 Å². The van der Waals surface area contributed by atoms with Crippen molar-refractivity contribution in [2.24, 2.45) is 16.9 Å². The van der Waals surface area contributed by atoms with E-state index >= 15 is 0 Å². The van der Waals surface area contributed by atoms with E-state index in [1.54, 1.807) is 24.3 Å². The molecule has 1 rings (SSSR count). The summed E-state index contributed by atoms with van der Waals surface area (Å²) >= 11 is 0. The Balaban J connectivity index is 2.55. The topological polar surface area (TPSA) is 107 Å². The summed E-state index contributed by atoms with van der Waals surface area (Å²) in [5, 5.41) is 2.76. The van der Waals surface area contributed by atoms with Gasteiger partial charge in [0.05, 0.1) is 19.1 Å². The summed E-state index contributed by atoms with van der Waals surface area (Å²) in [4.78, 5) is 22.6. The molecule has 0 aliphatic heterocycles. The number of nitrogens with two attached hydrogens (primary N) is 2. The van der Waals surface area contributed by atoms with Crippen LogP contribution in [0.5, 0.6) is 5.75 Å². The average Bonchev–Trinajstić information content (AvgIpc) is 2.38. The van der Waals surface area contributed by atoms with Gasteiger partial charge >= 0.3 is 0 Å². The molecule has 0 fully saturated rings. The second-order valence-electron chi connectivity index (χ2n) is 5.92. The zero-order valence-electron chi connectivity index (χ0n) is 12.7. The smallest absolute Gasteiger partial charge is 0.241 e. The molecule has 0 spiro atoms. The molecule has 0 saturated carbocycles. The minimum Gasteiger partial charge on any atom is -0.493 e. The van der Waals surface area contributed by atoms with Crippen molar-refractivity contribution >= 4 is 17.5 Å². The standard InChI is InChI=1S/C15H23N3O3/c1-15(2,3)13(17)14(20)18-10-4-6-11(7-5-10)21-9-8-12(16)19/h4-7,13H,8-9,17H2,1-3H3,(H2,16,19)(H,18,20)/t13-/m0/s1. The van der Waals surface area contributed by atoms with E-state index in [9.17, 15) is 9.59 Å². The van der Waals surface area contributed by atoms with Gasteiger partial charge in [0.15, 0.2) is 0 Å². The van der Waals surface area contributed by atoms with Crippen molar-refractivity contribution in [2.75, 3.05) is 11.9 Å². The quantitative estimate of drug-likeness (QED) is 0.733. The number of primary amides is 1. The zero-order valence-corrected chi connectivity index (χ0v) is 12.7. The van der Waals surface area contributed by atoms with Gasteiger partial charge in [-0.2, -0.15) is 0 Å². The molecule has 0 heterocycles. The normalized spacial score (nSPS) is 12.6. The van der Waals surface area contributed by atoms with Gasteiger partial charge in [0, 0.05) is 5.69 Å². The number of rotatable bonds is 6. The molecule has 1 atom stereocenters. The van der Waals surface area contributed by atoms with Gasteiger partial charge in [-0.25, -0.2) is 0 Å². The Hall–Kier alpha value is -2.08. The molecule has 0 aliphatic carbocycles. The van der Waals surface area contributed by atoms with Crippen LogP contribution < -0.4 is 21.5 Å². The summed E-state index contributed by atoms with van der Waals surface area (Å²) < 4.78 is 5.34. The predicted molar refractivity (Wildman–Crippen MR) is 81.8 cm³/mol. The number of hydrogen-bond donors (Lipinski definition) is 3. The molecule has 1 aromatic carbocycles. The van der Waals surface area contributed by atoms with E-state index in [2.05, 4.69) is 5.32 Å². The number of carbonyl (C=O) groups is 2. The highest BCUT2D eigenvalue weighted by Gasteiger charge is 2.27. The first-order valence-electron chi connectivity index (χ1n) is 6.78. The van der Waals surface area contributed by atoms with Crippen molar-refractivity contribution in [2.45, 2.75) is 33.2 Å². The maximum Gasteiger partial charge on any atom is 0.241 e. The minimum absolute atomic E-state index is 0.166. The van der Waals surface area contributed by atoms with Gasteiger partial charge in [0.25, 0.3) is 0 Å². The fourth-order valence-corrected chi connectivity index (χ4v) is 1.52. The van der Waals surface area contributed by atoms with Gasteiger partial charge in [0.1, 0.15) is 5.75 Å². The number of nitrogens with one attached hydrogen (secondary N) is 1. The Kier molecular flexibility index (Phi) is 5.72. The molecular weight excluding hydrogens is 270 g/mol. The third kappa shape index (κ3) is 5.83. The maximum absolute atomic E-state index is 12.0. The third-order valence-corrected chi connectivity index (χ3v) is 2.95. The van der Waals surface area contributed by atoms with Gasteiger partial charge in [-0.15, -0.1) is 0 Å². The highest BCUT2D eigenvalue weighted by Crippen LogP contribution is 2.20. The number of benzene rings is 1. The Morgan fingerprint density at radius 2 is 1.81 bits per heavy atom. The number of carbonyl (C=O) groups excluding carboxylic acids is 2. The molecule has 5 N–H and O–H groups in total. The van der Waals surface area contributed by atoms with Gasteiger partial charge in [0.2, 0.25) is 11.8 Å². The first-order valence-corrected chi connectivity index (χ1v) is 6.78. The number of anilines is 1. The number of hydrogen-bond acceptors (Lipinski definition) is 4. The Morgan fingerprint density at radius 1 is 1.24 bits per heavy atom. The van der Waals surface area contributed by atoms with Crippen LogP contribution in [-0.4, -0.2) is 24.5 Å². The van der Waals surface area contributed by atoms with E-state index in [-0.39, 0.29) is 24.3 Å². The van der Waals surface area contributed by atoms with Crippen molar-refractivity contribution in [3.63, 3.8) is 0 Å². The molecule has 2 amide bonds. The van der Waals surface area contributed by atoms with Crippen molar-refractivity contribution < 1.29 is 14.3 Å². The SMILES string of the molecule is CC(C)(C)[C@@H](N)C(=O)Nc1ccc(OCCC(N)=O)cc1. The van der Waals surface area contributed by atoms with E-state index < -0.39 is 11.9 Å². The molecule has 6 heteroatoms. The summed E-state index contributed by atoms with van der Waals surface area (Å²) in [5.74, 6) is -0.0330. The number of amides is 2. The maximum atomic E-state index is 12.0. The molecule has 21 heavy (non-hydrogen) atoms. The van der Waals surface area contributed by atoms with Crippen LogP contribution in [0, 0.1) is 5.41 Å². The average molecular weight is 293 g/mol. The summed E-state index contributed by atoms with van der Waals surface area (Å²) in [6.45, 7) is 5.96. The molecule has 1 aromatic rings. The van der Waals surface area contributed by atoms with Crippen molar-refractivity contribution in [1.82, 2.24) is 0 Å². The Morgan fingerprint density at radius 3 is 2.29 bits per heavy atom. The van der Waals surface area contributed by atoms with Gasteiger partial charge in [-0.3, -0.25) is 9.59 Å². The summed E-state index contributed by atoms with van der Waals surface area (Å²) in [5.41, 5.74) is 11.2. The summed E-state index contributed by atoms with van der Waals surface area (Å²) in [7, 11) is 0. The van der Waals surface area contributed by atoms with Crippen LogP contribution in [0.25, 0.3) is 0 Å². The zero-order chi connectivity index (χ0) is 16.0. The lowest BCUT2D eigenvalue weighted by Gasteiger charge is -2.25. The van der Waals surface area contributed by atoms with E-state index in [1.165, 1.54) is 0 Å². The number of ether oxygens (including phenoxy) is 1. The van der Waals surface area contributed by atoms with Crippen LogP contribution in [0.2, 0.25) is 0 Å². The van der Waals surface area contributed by atoms with Crippen LogP contribution in [0.4, 0.5) is 5.69 Å². The van der Waals surface area contributed by atoms with Gasteiger partial charge < -0.3 is 21.5 Å². The fourth-order valence-electron chi connectivity index (χ4n) is 1.52. The second kappa shape index (κ2) is 7.08. The highest BCUT2D eigenvalue weighted by atomic mass is 16.5. The summed E-state index contributed by atoms with van der Waals surface area (Å²) in [6.07, 6.45) is 0.166. The van der Waals surface area contributed by atoms with E-state index in [0.717, 1.165) is 0 Å². The second-order valence-corrected chi connectivity index (χ2v) is 5.92. The minimum atomic E-state index is -0.594. The molecule has 0 aromatic heterocycles. The van der Waals surface area contributed by atoms with E-state index in [0.29, 0.717) is 11.4 Å². The molecule has 6 nitrogen and oxygen atoms in total.